The molecule has 0 unspecified atom stereocenters. The Hall–Kier alpha value is -3.00. The first-order valence-corrected chi connectivity index (χ1v) is 8.62. The number of hydrogen-bond acceptors (Lipinski definition) is 4. The van der Waals surface area contributed by atoms with Crippen LogP contribution in [0.3, 0.4) is 0 Å². The second-order valence-electron chi connectivity index (χ2n) is 6.15. The van der Waals surface area contributed by atoms with Gasteiger partial charge >= 0.3 is 5.97 Å². The Morgan fingerprint density at radius 2 is 1.93 bits per heavy atom. The number of amides is 2. The predicted octanol–water partition coefficient (Wildman–Crippen LogP) is 3.40. The second-order valence-corrected chi connectivity index (χ2v) is 6.56. The van der Waals surface area contributed by atoms with Crippen LogP contribution in [0, 0.1) is 17.6 Å². The third-order valence-electron chi connectivity index (χ3n) is 4.36. The summed E-state index contributed by atoms with van der Waals surface area (Å²) < 4.78 is 32.2. The SMILES string of the molecule is COC(=O)c1cc(NC(=O)[C@@H]2CC(=O)N(c3ccccc3Cl)C2)c(F)cc1F. The molecule has 3 rings (SSSR count). The number of para-hydroxylation sites is 1. The zero-order valence-corrected chi connectivity index (χ0v) is 15.4. The average Bonchev–Trinajstić information content (AvgIpc) is 3.05. The molecule has 2 aromatic rings. The molecule has 0 aliphatic carbocycles. The molecule has 1 aliphatic heterocycles. The molecule has 1 fully saturated rings. The van der Waals surface area contributed by atoms with Gasteiger partial charge in [-0.05, 0) is 18.2 Å². The molecule has 28 heavy (non-hydrogen) atoms. The Balaban J connectivity index is 1.78. The van der Waals surface area contributed by atoms with Gasteiger partial charge in [-0.1, -0.05) is 23.7 Å². The van der Waals surface area contributed by atoms with E-state index in [1.165, 1.54) is 4.90 Å². The molecular formula is C19H15ClF2N2O4. The number of nitrogens with one attached hydrogen (secondary N) is 1. The van der Waals surface area contributed by atoms with Crippen LogP contribution in [0.2, 0.25) is 5.02 Å². The van der Waals surface area contributed by atoms with E-state index < -0.39 is 35.0 Å². The summed E-state index contributed by atoms with van der Waals surface area (Å²) >= 11 is 6.10. The lowest BCUT2D eigenvalue weighted by molar-refractivity contribution is -0.122. The Morgan fingerprint density at radius 1 is 1.21 bits per heavy atom. The smallest absolute Gasteiger partial charge is 0.340 e. The molecule has 0 aromatic heterocycles. The fourth-order valence-corrected chi connectivity index (χ4v) is 3.17. The Labute approximate surface area is 164 Å². The van der Waals surface area contributed by atoms with E-state index in [-0.39, 0.29) is 24.6 Å². The van der Waals surface area contributed by atoms with Crippen molar-refractivity contribution in [2.45, 2.75) is 6.42 Å². The number of methoxy groups -OCH3 is 1. The van der Waals surface area contributed by atoms with Gasteiger partial charge < -0.3 is 15.0 Å². The molecule has 1 atom stereocenters. The molecule has 1 heterocycles. The number of nitrogens with zero attached hydrogens (tertiary/aromatic N) is 1. The zero-order valence-electron chi connectivity index (χ0n) is 14.7. The molecule has 9 heteroatoms. The van der Waals surface area contributed by atoms with Crippen LogP contribution in [0.4, 0.5) is 20.2 Å². The monoisotopic (exact) mass is 408 g/mol. The summed E-state index contributed by atoms with van der Waals surface area (Å²) in [4.78, 5) is 37.7. The van der Waals surface area contributed by atoms with E-state index in [1.807, 2.05) is 0 Å². The minimum atomic E-state index is -1.11. The van der Waals surface area contributed by atoms with Crippen LogP contribution in [0.1, 0.15) is 16.8 Å². The molecule has 0 spiro atoms. The number of anilines is 2. The number of benzene rings is 2. The molecule has 0 radical (unpaired) electrons. The average molecular weight is 409 g/mol. The van der Waals surface area contributed by atoms with Crippen molar-refractivity contribution in [2.75, 3.05) is 23.9 Å². The molecule has 2 aromatic carbocycles. The number of halogens is 3. The van der Waals surface area contributed by atoms with E-state index in [1.54, 1.807) is 24.3 Å². The molecule has 1 aliphatic rings. The molecule has 0 saturated carbocycles. The van der Waals surface area contributed by atoms with Gasteiger partial charge in [0.1, 0.15) is 11.6 Å². The van der Waals surface area contributed by atoms with Crippen molar-refractivity contribution < 1.29 is 27.9 Å². The predicted molar refractivity (Wildman–Crippen MR) is 98.2 cm³/mol. The fourth-order valence-electron chi connectivity index (χ4n) is 2.93. The van der Waals surface area contributed by atoms with Crippen LogP contribution in [-0.4, -0.2) is 31.4 Å². The summed E-state index contributed by atoms with van der Waals surface area (Å²) in [6, 6.07) is 8.05. The largest absolute Gasteiger partial charge is 0.465 e. The van der Waals surface area contributed by atoms with E-state index >= 15 is 0 Å². The normalized spacial score (nSPS) is 16.2. The highest BCUT2D eigenvalue weighted by atomic mass is 35.5. The van der Waals surface area contributed by atoms with Crippen LogP contribution in [0.5, 0.6) is 0 Å². The van der Waals surface area contributed by atoms with E-state index in [0.29, 0.717) is 16.8 Å². The van der Waals surface area contributed by atoms with E-state index in [9.17, 15) is 23.2 Å². The van der Waals surface area contributed by atoms with E-state index in [2.05, 4.69) is 10.1 Å². The Kier molecular flexibility index (Phi) is 5.60. The van der Waals surface area contributed by atoms with Gasteiger partial charge in [-0.25, -0.2) is 13.6 Å². The van der Waals surface area contributed by atoms with Gasteiger partial charge in [0.05, 0.1) is 35.0 Å². The van der Waals surface area contributed by atoms with Gasteiger partial charge in [0, 0.05) is 19.0 Å². The van der Waals surface area contributed by atoms with Gasteiger partial charge in [0.15, 0.2) is 0 Å². The maximum Gasteiger partial charge on any atom is 0.340 e. The van der Waals surface area contributed by atoms with Crippen molar-refractivity contribution in [1.82, 2.24) is 0 Å². The maximum atomic E-state index is 14.0. The number of ether oxygens (including phenoxy) is 1. The van der Waals surface area contributed by atoms with Crippen molar-refractivity contribution >= 4 is 40.8 Å². The highest BCUT2D eigenvalue weighted by Gasteiger charge is 2.36. The van der Waals surface area contributed by atoms with Gasteiger partial charge in [0.25, 0.3) is 0 Å². The van der Waals surface area contributed by atoms with Crippen molar-refractivity contribution in [3.63, 3.8) is 0 Å². The zero-order chi connectivity index (χ0) is 20.4. The van der Waals surface area contributed by atoms with Crippen LogP contribution < -0.4 is 10.2 Å². The number of carbonyl (C=O) groups excluding carboxylic acids is 3. The Bertz CT molecular complexity index is 967. The van der Waals surface area contributed by atoms with Crippen molar-refractivity contribution in [3.05, 3.63) is 58.6 Å². The molecule has 1 saturated heterocycles. The third kappa shape index (κ3) is 3.82. The summed E-state index contributed by atoms with van der Waals surface area (Å²) in [6.45, 7) is 0.0566. The fraction of sp³-hybridized carbons (Fsp3) is 0.211. The van der Waals surface area contributed by atoms with Crippen LogP contribution >= 0.6 is 11.6 Å². The number of carbonyl (C=O) groups is 3. The summed E-state index contributed by atoms with van der Waals surface area (Å²) in [5.74, 6) is -4.87. The highest BCUT2D eigenvalue weighted by molar-refractivity contribution is 6.33. The van der Waals surface area contributed by atoms with E-state index in [0.717, 1.165) is 13.2 Å². The summed E-state index contributed by atoms with van der Waals surface area (Å²) in [5, 5.41) is 2.67. The van der Waals surface area contributed by atoms with Gasteiger partial charge in [0.2, 0.25) is 11.8 Å². The standard InChI is InChI=1S/C19H15ClF2N2O4/c1-28-19(27)11-7-15(14(22)8-13(11)21)23-18(26)10-6-17(25)24(9-10)16-5-3-2-4-12(16)20/h2-5,7-8,10H,6,9H2,1H3,(H,23,26)/t10-/m1/s1. The summed E-state index contributed by atoms with van der Waals surface area (Å²) in [6.07, 6.45) is -0.0935. The van der Waals surface area contributed by atoms with Crippen molar-refractivity contribution in [1.29, 1.82) is 0 Å². The first-order chi connectivity index (χ1) is 13.3. The Morgan fingerprint density at radius 3 is 2.61 bits per heavy atom. The molecule has 2 amide bonds. The first-order valence-electron chi connectivity index (χ1n) is 8.25. The topological polar surface area (TPSA) is 75.7 Å². The highest BCUT2D eigenvalue weighted by Crippen LogP contribution is 2.31. The quantitative estimate of drug-likeness (QED) is 0.787. The van der Waals surface area contributed by atoms with Crippen LogP contribution in [0.15, 0.2) is 36.4 Å². The van der Waals surface area contributed by atoms with Gasteiger partial charge in [-0.3, -0.25) is 9.59 Å². The number of rotatable bonds is 4. The van der Waals surface area contributed by atoms with Gasteiger partial charge in [-0.2, -0.15) is 0 Å². The lowest BCUT2D eigenvalue weighted by Gasteiger charge is -2.18. The number of esters is 1. The van der Waals surface area contributed by atoms with Crippen molar-refractivity contribution in [3.8, 4) is 0 Å². The third-order valence-corrected chi connectivity index (χ3v) is 4.68. The minimum absolute atomic E-state index is 0.0566. The van der Waals surface area contributed by atoms with E-state index in [4.69, 9.17) is 11.6 Å². The first kappa shape index (κ1) is 19.8. The molecule has 0 bridgehead atoms. The lowest BCUT2D eigenvalue weighted by atomic mass is 10.1. The van der Waals surface area contributed by atoms with Crippen molar-refractivity contribution in [2.24, 2.45) is 5.92 Å². The summed E-state index contributed by atoms with van der Waals surface area (Å²) in [7, 11) is 1.05. The lowest BCUT2D eigenvalue weighted by Crippen LogP contribution is -2.28. The second kappa shape index (κ2) is 7.93. The van der Waals surface area contributed by atoms with Gasteiger partial charge in [-0.15, -0.1) is 0 Å². The molecular weight excluding hydrogens is 394 g/mol. The number of hydrogen-bond donors (Lipinski definition) is 1. The molecule has 1 N–H and O–H groups in total. The van der Waals surface area contributed by atoms with Crippen LogP contribution in [-0.2, 0) is 14.3 Å². The van der Waals surface area contributed by atoms with Crippen LogP contribution in [0.25, 0.3) is 0 Å². The maximum absolute atomic E-state index is 14.0. The molecule has 146 valence electrons. The summed E-state index contributed by atoms with van der Waals surface area (Å²) in [5.41, 5.74) is -0.416. The molecule has 6 nitrogen and oxygen atoms in total. The minimum Gasteiger partial charge on any atom is -0.465 e.